The van der Waals surface area contributed by atoms with Crippen molar-refractivity contribution in [1.29, 1.82) is 0 Å². The molecule has 0 unspecified atom stereocenters. The molecule has 0 aliphatic carbocycles. The number of nitrogens with zero attached hydrogens (tertiary/aromatic N) is 1. The lowest BCUT2D eigenvalue weighted by molar-refractivity contribution is 0.0530. The van der Waals surface area contributed by atoms with Gasteiger partial charge in [0.2, 0.25) is 9.84 Å². The molecule has 0 radical (unpaired) electrons. The number of pyridine rings is 1. The highest BCUT2D eigenvalue weighted by Crippen LogP contribution is 2.27. The molecule has 7 nitrogen and oxygen atoms in total. The van der Waals surface area contributed by atoms with Gasteiger partial charge in [-0.1, -0.05) is 18.2 Å². The average molecular weight is 446 g/mol. The van der Waals surface area contributed by atoms with Crippen molar-refractivity contribution in [3.63, 3.8) is 0 Å². The first-order valence-electron chi connectivity index (χ1n) is 9.66. The molecule has 1 heterocycles. The monoisotopic (exact) mass is 445 g/mol. The average Bonchev–Trinajstić information content (AvgIpc) is 2.69. The number of fused-ring (bicyclic) bond motifs is 1. The van der Waals surface area contributed by atoms with Crippen LogP contribution in [0.4, 0.5) is 14.9 Å². The number of sulfone groups is 1. The highest BCUT2D eigenvalue weighted by molar-refractivity contribution is 7.91. The van der Waals surface area contributed by atoms with E-state index in [1.807, 2.05) is 6.07 Å². The van der Waals surface area contributed by atoms with Crippen molar-refractivity contribution >= 4 is 32.5 Å². The maximum atomic E-state index is 13.5. The lowest BCUT2D eigenvalue weighted by atomic mass is 10.2. The van der Waals surface area contributed by atoms with Crippen molar-refractivity contribution in [2.24, 2.45) is 0 Å². The van der Waals surface area contributed by atoms with Crippen LogP contribution in [0.15, 0.2) is 64.5 Å². The Morgan fingerprint density at radius 2 is 1.81 bits per heavy atom. The third-order valence-corrected chi connectivity index (χ3v) is 5.93. The summed E-state index contributed by atoms with van der Waals surface area (Å²) >= 11 is 0. The van der Waals surface area contributed by atoms with E-state index >= 15 is 0 Å². The van der Waals surface area contributed by atoms with E-state index in [1.54, 1.807) is 32.9 Å². The Labute approximate surface area is 180 Å². The maximum Gasteiger partial charge on any atom is 0.407 e. The third-order valence-electron chi connectivity index (χ3n) is 4.21. The first-order valence-corrected chi connectivity index (χ1v) is 11.1. The number of aromatic nitrogens is 1. The lowest BCUT2D eigenvalue weighted by Crippen LogP contribution is -2.35. The van der Waals surface area contributed by atoms with Gasteiger partial charge in [-0.15, -0.1) is 0 Å². The second kappa shape index (κ2) is 8.89. The van der Waals surface area contributed by atoms with Gasteiger partial charge in [0.05, 0.1) is 21.0 Å². The summed E-state index contributed by atoms with van der Waals surface area (Å²) in [6.45, 7) is 6.11. The van der Waals surface area contributed by atoms with Crippen LogP contribution in [-0.2, 0) is 14.6 Å². The van der Waals surface area contributed by atoms with Crippen LogP contribution >= 0.6 is 0 Å². The highest BCUT2D eigenvalue weighted by Gasteiger charge is 2.20. The summed E-state index contributed by atoms with van der Waals surface area (Å²) < 4.78 is 44.3. The highest BCUT2D eigenvalue weighted by atomic mass is 32.2. The van der Waals surface area contributed by atoms with Crippen molar-refractivity contribution in [2.75, 3.05) is 18.4 Å². The Morgan fingerprint density at radius 3 is 2.52 bits per heavy atom. The van der Waals surface area contributed by atoms with E-state index in [1.165, 1.54) is 30.5 Å². The molecule has 2 N–H and O–H groups in total. The summed E-state index contributed by atoms with van der Waals surface area (Å²) in [5.74, 6) is -0.624. The summed E-state index contributed by atoms with van der Waals surface area (Å²) in [5, 5.41) is 6.44. The van der Waals surface area contributed by atoms with E-state index in [0.29, 0.717) is 29.7 Å². The standard InChI is InChI=1S/C22H24FN3O4S/c1-22(2,3)30-21(27)25-11-10-24-19-9-4-6-15-12-18(14-26-20(15)19)31(28,29)17-8-5-7-16(23)13-17/h4-9,12-14,24H,10-11H2,1-3H3,(H,25,27). The zero-order chi connectivity index (χ0) is 22.6. The fraction of sp³-hybridized carbons (Fsp3) is 0.273. The smallest absolute Gasteiger partial charge is 0.407 e. The van der Waals surface area contributed by atoms with Crippen LogP contribution in [0, 0.1) is 5.82 Å². The topological polar surface area (TPSA) is 97.4 Å². The number of halogens is 1. The molecule has 0 atom stereocenters. The molecule has 164 valence electrons. The van der Waals surface area contributed by atoms with Gasteiger partial charge in [0.1, 0.15) is 11.4 Å². The van der Waals surface area contributed by atoms with Gasteiger partial charge in [0.15, 0.2) is 0 Å². The molecule has 0 bridgehead atoms. The summed E-state index contributed by atoms with van der Waals surface area (Å²) in [6, 6.07) is 11.7. The molecule has 0 aliphatic heterocycles. The molecular formula is C22H24FN3O4S. The van der Waals surface area contributed by atoms with E-state index in [0.717, 1.165) is 6.07 Å². The van der Waals surface area contributed by atoms with Crippen LogP contribution in [0.3, 0.4) is 0 Å². The lowest BCUT2D eigenvalue weighted by Gasteiger charge is -2.19. The molecule has 0 saturated heterocycles. The van der Waals surface area contributed by atoms with Gasteiger partial charge in [-0.25, -0.2) is 17.6 Å². The largest absolute Gasteiger partial charge is 0.444 e. The SMILES string of the molecule is CC(C)(C)OC(=O)NCCNc1cccc2cc(S(=O)(=O)c3cccc(F)c3)cnc12. The van der Waals surface area contributed by atoms with Crippen LogP contribution in [0.5, 0.6) is 0 Å². The number of carbonyl (C=O) groups excluding carboxylic acids is 1. The van der Waals surface area contributed by atoms with Gasteiger partial charge in [-0.2, -0.15) is 0 Å². The molecule has 1 amide bonds. The number of ether oxygens (including phenoxy) is 1. The molecule has 0 spiro atoms. The number of hydrogen-bond donors (Lipinski definition) is 2. The molecule has 31 heavy (non-hydrogen) atoms. The fourth-order valence-electron chi connectivity index (χ4n) is 2.88. The van der Waals surface area contributed by atoms with E-state index < -0.39 is 27.3 Å². The van der Waals surface area contributed by atoms with E-state index in [4.69, 9.17) is 4.74 Å². The quantitative estimate of drug-likeness (QED) is 0.554. The predicted molar refractivity (Wildman–Crippen MR) is 116 cm³/mol. The summed E-state index contributed by atoms with van der Waals surface area (Å²) in [4.78, 5) is 15.9. The first-order chi connectivity index (χ1) is 14.6. The Kier molecular flexibility index (Phi) is 6.45. The van der Waals surface area contributed by atoms with Gasteiger partial charge in [-0.05, 0) is 51.1 Å². The van der Waals surface area contributed by atoms with Crippen molar-refractivity contribution in [1.82, 2.24) is 10.3 Å². The normalized spacial score (nSPS) is 11.9. The minimum absolute atomic E-state index is 0.0191. The van der Waals surface area contributed by atoms with E-state index in [2.05, 4.69) is 15.6 Å². The number of benzene rings is 2. The number of carbonyl (C=O) groups is 1. The minimum Gasteiger partial charge on any atom is -0.444 e. The van der Waals surface area contributed by atoms with Gasteiger partial charge in [0.25, 0.3) is 0 Å². The van der Waals surface area contributed by atoms with Crippen LogP contribution in [0.25, 0.3) is 10.9 Å². The maximum absolute atomic E-state index is 13.5. The predicted octanol–water partition coefficient (Wildman–Crippen LogP) is 4.14. The molecule has 1 aromatic heterocycles. The zero-order valence-electron chi connectivity index (χ0n) is 17.5. The molecule has 0 saturated carbocycles. The van der Waals surface area contributed by atoms with Crippen molar-refractivity contribution in [3.8, 4) is 0 Å². The second-order valence-electron chi connectivity index (χ2n) is 7.86. The number of hydrogen-bond acceptors (Lipinski definition) is 6. The van der Waals surface area contributed by atoms with Gasteiger partial charge >= 0.3 is 6.09 Å². The molecular weight excluding hydrogens is 421 g/mol. The third kappa shape index (κ3) is 5.69. The van der Waals surface area contributed by atoms with Gasteiger partial charge in [0, 0.05) is 24.7 Å². The molecule has 0 fully saturated rings. The molecule has 9 heteroatoms. The van der Waals surface area contributed by atoms with Crippen LogP contribution in [0.1, 0.15) is 20.8 Å². The number of nitrogens with one attached hydrogen (secondary N) is 2. The number of rotatable bonds is 6. The van der Waals surface area contributed by atoms with Gasteiger partial charge in [-0.3, -0.25) is 4.98 Å². The van der Waals surface area contributed by atoms with E-state index in [9.17, 15) is 17.6 Å². The first kappa shape index (κ1) is 22.5. The van der Waals surface area contributed by atoms with Crippen molar-refractivity contribution in [2.45, 2.75) is 36.2 Å². The number of amides is 1. The minimum atomic E-state index is -3.90. The molecule has 2 aromatic carbocycles. The summed E-state index contributed by atoms with van der Waals surface area (Å²) in [6.07, 6.45) is 0.754. The number of para-hydroxylation sites is 1. The second-order valence-corrected chi connectivity index (χ2v) is 9.81. The Balaban J connectivity index is 1.74. The number of anilines is 1. The fourth-order valence-corrected chi connectivity index (χ4v) is 4.15. The Morgan fingerprint density at radius 1 is 1.06 bits per heavy atom. The summed E-state index contributed by atoms with van der Waals surface area (Å²) in [7, 11) is -3.90. The van der Waals surface area contributed by atoms with E-state index in [-0.39, 0.29) is 9.79 Å². The molecule has 0 aliphatic rings. The Hall–Kier alpha value is -3.20. The van der Waals surface area contributed by atoms with Gasteiger partial charge < -0.3 is 15.4 Å². The summed E-state index contributed by atoms with van der Waals surface area (Å²) in [5.41, 5.74) is 0.705. The Bertz CT molecular complexity index is 1210. The molecule has 3 aromatic rings. The number of alkyl carbamates (subject to hydrolysis) is 1. The molecule has 3 rings (SSSR count). The van der Waals surface area contributed by atoms with Crippen LogP contribution < -0.4 is 10.6 Å². The van der Waals surface area contributed by atoms with Crippen LogP contribution in [0.2, 0.25) is 0 Å². The van der Waals surface area contributed by atoms with Crippen molar-refractivity contribution < 1.29 is 22.3 Å². The zero-order valence-corrected chi connectivity index (χ0v) is 18.3. The van der Waals surface area contributed by atoms with Crippen molar-refractivity contribution in [3.05, 3.63) is 60.5 Å². The van der Waals surface area contributed by atoms with Crippen LogP contribution in [-0.4, -0.2) is 38.2 Å².